The molecule has 0 radical (unpaired) electrons. The summed E-state index contributed by atoms with van der Waals surface area (Å²) in [6.45, 7) is 2.04. The quantitative estimate of drug-likeness (QED) is 0.270. The molecule has 2 aromatic rings. The number of aryl methyl sites for hydroxylation is 1. The van der Waals surface area contributed by atoms with E-state index in [1.807, 2.05) is 49.4 Å². The van der Waals surface area contributed by atoms with Crippen LogP contribution in [0.3, 0.4) is 0 Å². The van der Waals surface area contributed by atoms with Crippen molar-refractivity contribution in [3.63, 3.8) is 0 Å². The SMILES string of the molecule is Cc1ccc(C(=S)C=Cc2ccc(Cl)c(Cl)c2Cl)cc1. The number of hydrogen-bond acceptors (Lipinski definition) is 1. The van der Waals surface area contributed by atoms with Gasteiger partial charge in [-0.1, -0.05) is 89.0 Å². The first-order chi connectivity index (χ1) is 9.49. The van der Waals surface area contributed by atoms with Crippen LogP contribution in [0.4, 0.5) is 0 Å². The van der Waals surface area contributed by atoms with Gasteiger partial charge in [0.05, 0.1) is 15.1 Å². The van der Waals surface area contributed by atoms with Crippen LogP contribution in [-0.2, 0) is 0 Å². The van der Waals surface area contributed by atoms with E-state index in [2.05, 4.69) is 0 Å². The second kappa shape index (κ2) is 6.73. The Morgan fingerprint density at radius 3 is 2.25 bits per heavy atom. The average molecular weight is 342 g/mol. The highest BCUT2D eigenvalue weighted by Gasteiger charge is 2.06. The van der Waals surface area contributed by atoms with Gasteiger partial charge in [0.25, 0.3) is 0 Å². The molecule has 0 bridgehead atoms. The zero-order valence-electron chi connectivity index (χ0n) is 10.7. The van der Waals surface area contributed by atoms with Gasteiger partial charge in [0.2, 0.25) is 0 Å². The van der Waals surface area contributed by atoms with Crippen molar-refractivity contribution < 1.29 is 0 Å². The number of thiocarbonyl (C=S) groups is 1. The van der Waals surface area contributed by atoms with E-state index < -0.39 is 0 Å². The molecule has 0 fully saturated rings. The summed E-state index contributed by atoms with van der Waals surface area (Å²) in [6.07, 6.45) is 3.68. The van der Waals surface area contributed by atoms with Crippen molar-refractivity contribution in [2.45, 2.75) is 6.92 Å². The molecule has 4 heteroatoms. The topological polar surface area (TPSA) is 0 Å². The Labute approximate surface area is 139 Å². The summed E-state index contributed by atoms with van der Waals surface area (Å²) in [5.41, 5.74) is 2.99. The maximum absolute atomic E-state index is 6.14. The Morgan fingerprint density at radius 2 is 1.60 bits per heavy atom. The molecule has 20 heavy (non-hydrogen) atoms. The Morgan fingerprint density at radius 1 is 0.950 bits per heavy atom. The van der Waals surface area contributed by atoms with E-state index in [1.54, 1.807) is 6.07 Å². The molecule has 0 unspecified atom stereocenters. The first-order valence-corrected chi connectivity index (χ1v) is 7.46. The molecule has 0 aliphatic heterocycles. The number of benzene rings is 2. The minimum Gasteiger partial charge on any atom is -0.0827 e. The maximum Gasteiger partial charge on any atom is 0.0784 e. The maximum atomic E-state index is 6.14. The highest BCUT2D eigenvalue weighted by atomic mass is 35.5. The molecule has 0 saturated carbocycles. The first-order valence-electron chi connectivity index (χ1n) is 5.91. The lowest BCUT2D eigenvalue weighted by Gasteiger charge is -2.03. The van der Waals surface area contributed by atoms with Crippen LogP contribution in [-0.4, -0.2) is 4.86 Å². The van der Waals surface area contributed by atoms with Crippen molar-refractivity contribution in [1.82, 2.24) is 0 Å². The van der Waals surface area contributed by atoms with Crippen molar-refractivity contribution in [2.75, 3.05) is 0 Å². The molecule has 0 heterocycles. The molecule has 0 spiro atoms. The van der Waals surface area contributed by atoms with Gasteiger partial charge in [-0.05, 0) is 30.2 Å². The van der Waals surface area contributed by atoms with E-state index in [0.29, 0.717) is 15.1 Å². The summed E-state index contributed by atoms with van der Waals surface area (Å²) in [4.78, 5) is 0.743. The molecule has 0 aliphatic carbocycles. The predicted octanol–water partition coefficient (Wildman–Crippen LogP) is 6.39. The average Bonchev–Trinajstić information content (AvgIpc) is 2.44. The fourth-order valence-electron chi connectivity index (χ4n) is 1.65. The number of rotatable bonds is 3. The normalized spacial score (nSPS) is 11.0. The number of hydrogen-bond donors (Lipinski definition) is 0. The van der Waals surface area contributed by atoms with Crippen molar-refractivity contribution in [3.8, 4) is 0 Å². The van der Waals surface area contributed by atoms with Crippen LogP contribution in [0.25, 0.3) is 6.08 Å². The number of halogens is 3. The summed E-state index contributed by atoms with van der Waals surface area (Å²) in [5.74, 6) is 0. The van der Waals surface area contributed by atoms with Crippen molar-refractivity contribution in [1.29, 1.82) is 0 Å². The Kier molecular flexibility index (Phi) is 5.22. The summed E-state index contributed by atoms with van der Waals surface area (Å²) in [6, 6.07) is 11.6. The van der Waals surface area contributed by atoms with E-state index >= 15 is 0 Å². The minimum atomic E-state index is 0.358. The van der Waals surface area contributed by atoms with Crippen LogP contribution in [0.1, 0.15) is 16.7 Å². The van der Waals surface area contributed by atoms with Crippen molar-refractivity contribution in [2.24, 2.45) is 0 Å². The highest BCUT2D eigenvalue weighted by Crippen LogP contribution is 2.33. The molecule has 102 valence electrons. The van der Waals surface area contributed by atoms with Crippen molar-refractivity contribution in [3.05, 3.63) is 74.2 Å². The monoisotopic (exact) mass is 340 g/mol. The molecule has 0 amide bonds. The molecular weight excluding hydrogens is 331 g/mol. The summed E-state index contributed by atoms with van der Waals surface area (Å²) in [7, 11) is 0. The molecule has 0 nitrogen and oxygen atoms in total. The van der Waals surface area contributed by atoms with Gasteiger partial charge in [0, 0.05) is 4.86 Å². The van der Waals surface area contributed by atoms with Gasteiger partial charge < -0.3 is 0 Å². The van der Waals surface area contributed by atoms with Gasteiger partial charge in [0.15, 0.2) is 0 Å². The Balaban J connectivity index is 2.23. The third kappa shape index (κ3) is 3.62. The molecule has 0 aromatic heterocycles. The zero-order valence-corrected chi connectivity index (χ0v) is 13.7. The third-order valence-electron chi connectivity index (χ3n) is 2.82. The highest BCUT2D eigenvalue weighted by molar-refractivity contribution is 7.81. The predicted molar refractivity (Wildman–Crippen MR) is 93.4 cm³/mol. The third-order valence-corrected chi connectivity index (χ3v) is 4.50. The fraction of sp³-hybridized carbons (Fsp3) is 0.0625. The molecule has 0 saturated heterocycles. The largest absolute Gasteiger partial charge is 0.0827 e. The van der Waals surface area contributed by atoms with Gasteiger partial charge in [0.1, 0.15) is 0 Å². The van der Waals surface area contributed by atoms with Gasteiger partial charge >= 0.3 is 0 Å². The van der Waals surface area contributed by atoms with Crippen LogP contribution in [0.15, 0.2) is 42.5 Å². The van der Waals surface area contributed by atoms with E-state index in [9.17, 15) is 0 Å². The Hall–Kier alpha value is -0.860. The molecule has 2 aromatic carbocycles. The van der Waals surface area contributed by atoms with Crippen LogP contribution in [0.5, 0.6) is 0 Å². The van der Waals surface area contributed by atoms with E-state index in [4.69, 9.17) is 47.0 Å². The van der Waals surface area contributed by atoms with E-state index in [0.717, 1.165) is 16.0 Å². The smallest absolute Gasteiger partial charge is 0.0784 e. The van der Waals surface area contributed by atoms with Crippen LogP contribution >= 0.6 is 47.0 Å². The van der Waals surface area contributed by atoms with Gasteiger partial charge in [-0.2, -0.15) is 0 Å². The van der Waals surface area contributed by atoms with Gasteiger partial charge in [-0.25, -0.2) is 0 Å². The molecule has 0 atom stereocenters. The fourth-order valence-corrected chi connectivity index (χ4v) is 2.46. The minimum absolute atomic E-state index is 0.358. The molecule has 0 N–H and O–H groups in total. The second-order valence-corrected chi connectivity index (χ2v) is 5.93. The molecule has 2 rings (SSSR count). The Bertz CT molecular complexity index is 673. The van der Waals surface area contributed by atoms with E-state index in [1.165, 1.54) is 5.56 Å². The number of allylic oxidation sites excluding steroid dienone is 1. The molecule has 0 aliphatic rings. The van der Waals surface area contributed by atoms with Gasteiger partial charge in [-0.3, -0.25) is 0 Å². The standard InChI is InChI=1S/C16H11Cl3S/c1-10-2-4-11(5-3-10)14(20)9-7-12-6-8-13(17)16(19)15(12)18/h2-9H,1H3. The summed E-state index contributed by atoms with van der Waals surface area (Å²) >= 11 is 23.4. The summed E-state index contributed by atoms with van der Waals surface area (Å²) in [5, 5.41) is 1.23. The van der Waals surface area contributed by atoms with E-state index in [-0.39, 0.29) is 0 Å². The van der Waals surface area contributed by atoms with Gasteiger partial charge in [-0.15, -0.1) is 0 Å². The zero-order chi connectivity index (χ0) is 14.7. The van der Waals surface area contributed by atoms with Crippen LogP contribution in [0, 0.1) is 6.92 Å². The molecular formula is C16H11Cl3S. The van der Waals surface area contributed by atoms with Crippen molar-refractivity contribution >= 4 is 58.0 Å². The van der Waals surface area contributed by atoms with Crippen LogP contribution in [0.2, 0.25) is 15.1 Å². The lowest BCUT2D eigenvalue weighted by molar-refractivity contribution is 1.47. The lowest BCUT2D eigenvalue weighted by Crippen LogP contribution is -1.92. The first kappa shape index (κ1) is 15.5. The lowest BCUT2D eigenvalue weighted by atomic mass is 10.1. The second-order valence-electron chi connectivity index (χ2n) is 4.33. The summed E-state index contributed by atoms with van der Waals surface area (Å²) < 4.78 is 0. The van der Waals surface area contributed by atoms with Crippen LogP contribution < -0.4 is 0 Å².